The van der Waals surface area contributed by atoms with E-state index in [4.69, 9.17) is 15.5 Å². The molecule has 0 radical (unpaired) electrons. The van der Waals surface area contributed by atoms with Crippen molar-refractivity contribution in [1.29, 1.82) is 0 Å². The summed E-state index contributed by atoms with van der Waals surface area (Å²) in [6, 6.07) is 13.0. The number of nitrogen functional groups attached to an aromatic ring is 1. The number of hydrogen-bond acceptors (Lipinski definition) is 7. The molecule has 0 aliphatic carbocycles. The van der Waals surface area contributed by atoms with Crippen LogP contribution in [0.3, 0.4) is 0 Å². The third kappa shape index (κ3) is 3.48. The van der Waals surface area contributed by atoms with Gasteiger partial charge in [0, 0.05) is 52.4 Å². The first-order chi connectivity index (χ1) is 15.1. The fourth-order valence-corrected chi connectivity index (χ4v) is 3.73. The molecule has 0 fully saturated rings. The second-order valence-corrected chi connectivity index (χ2v) is 7.24. The summed E-state index contributed by atoms with van der Waals surface area (Å²) < 4.78 is 6.72. The lowest BCUT2D eigenvalue weighted by Gasteiger charge is -2.12. The summed E-state index contributed by atoms with van der Waals surface area (Å²) in [5.74, 6) is 0.337. The Morgan fingerprint density at radius 2 is 2.00 bits per heavy atom. The quantitative estimate of drug-likeness (QED) is 0.258. The van der Waals surface area contributed by atoms with Crippen LogP contribution in [-0.2, 0) is 11.3 Å². The average Bonchev–Trinajstić information content (AvgIpc) is 3.20. The molecule has 0 aliphatic rings. The standard InChI is InChI=1S/C23H20N6O2/c1-31-23(30)14-2-4-17-19-12-25-7-6-18(19)22(27-21(17)11-14)26-8-9-29-13-15-10-16(24)3-5-20(15)28-29/h2-7,10-13H,8-9,24H2,1H3,(H,26,27). The summed E-state index contributed by atoms with van der Waals surface area (Å²) in [7, 11) is 1.37. The molecule has 0 atom stereocenters. The number of carbonyl (C=O) groups excluding carboxylic acids is 1. The fourth-order valence-electron chi connectivity index (χ4n) is 3.73. The summed E-state index contributed by atoms with van der Waals surface area (Å²) in [6.07, 6.45) is 5.54. The van der Waals surface area contributed by atoms with Gasteiger partial charge >= 0.3 is 5.97 Å². The number of fused-ring (bicyclic) bond motifs is 4. The first kappa shape index (κ1) is 18.8. The number of nitrogens with zero attached hydrogens (tertiary/aromatic N) is 4. The average molecular weight is 412 g/mol. The van der Waals surface area contributed by atoms with Crippen molar-refractivity contribution < 1.29 is 9.53 Å². The number of carbonyl (C=O) groups is 1. The monoisotopic (exact) mass is 412 g/mol. The van der Waals surface area contributed by atoms with Crippen molar-refractivity contribution in [2.45, 2.75) is 6.54 Å². The number of ether oxygens (including phenoxy) is 1. The van der Waals surface area contributed by atoms with Crippen molar-refractivity contribution in [3.8, 4) is 0 Å². The van der Waals surface area contributed by atoms with Gasteiger partial charge in [0.2, 0.25) is 0 Å². The molecule has 8 heteroatoms. The minimum Gasteiger partial charge on any atom is -0.465 e. The Labute approximate surface area is 177 Å². The lowest BCUT2D eigenvalue weighted by molar-refractivity contribution is 0.0601. The Hall–Kier alpha value is -4.20. The number of hydrogen-bond donors (Lipinski definition) is 2. The maximum Gasteiger partial charge on any atom is 0.337 e. The number of anilines is 2. The van der Waals surface area contributed by atoms with Crippen LogP contribution in [0.1, 0.15) is 10.4 Å². The second kappa shape index (κ2) is 7.56. The van der Waals surface area contributed by atoms with Gasteiger partial charge in [0.15, 0.2) is 0 Å². The predicted octanol–water partition coefficient (Wildman–Crippen LogP) is 3.61. The van der Waals surface area contributed by atoms with Crippen LogP contribution in [0, 0.1) is 0 Å². The van der Waals surface area contributed by atoms with Crippen molar-refractivity contribution in [3.05, 3.63) is 66.6 Å². The number of nitrogens with two attached hydrogens (primary N) is 1. The normalized spacial score (nSPS) is 11.3. The van der Waals surface area contributed by atoms with E-state index in [-0.39, 0.29) is 0 Å². The molecule has 0 saturated carbocycles. The smallest absolute Gasteiger partial charge is 0.337 e. The van der Waals surface area contributed by atoms with Gasteiger partial charge in [-0.3, -0.25) is 9.67 Å². The topological polar surface area (TPSA) is 108 Å². The largest absolute Gasteiger partial charge is 0.465 e. The number of benzene rings is 2. The summed E-state index contributed by atoms with van der Waals surface area (Å²) in [5.41, 5.74) is 8.64. The molecule has 31 heavy (non-hydrogen) atoms. The van der Waals surface area contributed by atoms with E-state index in [1.54, 1.807) is 18.3 Å². The number of esters is 1. The van der Waals surface area contributed by atoms with Crippen molar-refractivity contribution >= 4 is 50.1 Å². The Morgan fingerprint density at radius 1 is 1.10 bits per heavy atom. The summed E-state index contributed by atoms with van der Waals surface area (Å²) in [4.78, 5) is 21.0. The zero-order valence-corrected chi connectivity index (χ0v) is 16.9. The van der Waals surface area contributed by atoms with E-state index in [1.165, 1.54) is 7.11 Å². The Morgan fingerprint density at radius 3 is 2.87 bits per heavy atom. The third-order valence-electron chi connectivity index (χ3n) is 5.23. The fraction of sp³-hybridized carbons (Fsp3) is 0.130. The lowest BCUT2D eigenvalue weighted by atomic mass is 10.1. The molecule has 5 aromatic rings. The van der Waals surface area contributed by atoms with Crippen molar-refractivity contribution in [2.24, 2.45) is 0 Å². The Kier molecular flexibility index (Phi) is 4.59. The van der Waals surface area contributed by atoms with Gasteiger partial charge in [-0.25, -0.2) is 9.78 Å². The molecule has 5 rings (SSSR count). The van der Waals surface area contributed by atoms with Crippen molar-refractivity contribution in [2.75, 3.05) is 24.7 Å². The molecule has 154 valence electrons. The molecular weight excluding hydrogens is 392 g/mol. The highest BCUT2D eigenvalue weighted by molar-refractivity contribution is 6.10. The number of rotatable bonds is 5. The minimum atomic E-state index is -0.393. The van der Waals surface area contributed by atoms with Crippen molar-refractivity contribution in [3.63, 3.8) is 0 Å². The van der Waals surface area contributed by atoms with Crippen LogP contribution in [0.25, 0.3) is 32.6 Å². The number of methoxy groups -OCH3 is 1. The molecule has 3 heterocycles. The molecule has 0 unspecified atom stereocenters. The van der Waals surface area contributed by atoms with Gasteiger partial charge in [0.05, 0.1) is 30.3 Å². The van der Waals surface area contributed by atoms with Crippen LogP contribution in [-0.4, -0.2) is 39.4 Å². The number of nitrogens with one attached hydrogen (secondary N) is 1. The Balaban J connectivity index is 1.46. The van der Waals surface area contributed by atoms with Crippen LogP contribution in [0.2, 0.25) is 0 Å². The zero-order valence-electron chi connectivity index (χ0n) is 16.9. The summed E-state index contributed by atoms with van der Waals surface area (Å²) in [5, 5.41) is 11.9. The highest BCUT2D eigenvalue weighted by Gasteiger charge is 2.12. The highest BCUT2D eigenvalue weighted by Crippen LogP contribution is 2.29. The maximum absolute atomic E-state index is 11.9. The van der Waals surface area contributed by atoms with Gasteiger partial charge in [-0.1, -0.05) is 6.07 Å². The first-order valence-corrected chi connectivity index (χ1v) is 9.85. The van der Waals surface area contributed by atoms with Gasteiger partial charge < -0.3 is 15.8 Å². The minimum absolute atomic E-state index is 0.393. The zero-order chi connectivity index (χ0) is 21.4. The molecule has 0 bridgehead atoms. The summed E-state index contributed by atoms with van der Waals surface area (Å²) >= 11 is 0. The van der Waals surface area contributed by atoms with Gasteiger partial charge in [0.1, 0.15) is 5.82 Å². The van der Waals surface area contributed by atoms with Gasteiger partial charge in [-0.15, -0.1) is 0 Å². The SMILES string of the molecule is COC(=O)c1ccc2c(c1)nc(NCCn1cc3cc(N)ccc3n1)c1ccncc12. The maximum atomic E-state index is 11.9. The number of aromatic nitrogens is 4. The van der Waals surface area contributed by atoms with E-state index in [2.05, 4.69) is 15.4 Å². The van der Waals surface area contributed by atoms with E-state index in [0.29, 0.717) is 24.2 Å². The first-order valence-electron chi connectivity index (χ1n) is 9.85. The number of pyridine rings is 2. The van der Waals surface area contributed by atoms with Crippen LogP contribution in [0.4, 0.5) is 11.5 Å². The van der Waals surface area contributed by atoms with E-state index < -0.39 is 5.97 Å². The molecule has 2 aromatic carbocycles. The second-order valence-electron chi connectivity index (χ2n) is 7.24. The van der Waals surface area contributed by atoms with E-state index in [1.807, 2.05) is 47.4 Å². The van der Waals surface area contributed by atoms with E-state index >= 15 is 0 Å². The molecule has 0 amide bonds. The molecular formula is C23H20N6O2. The van der Waals surface area contributed by atoms with Crippen LogP contribution < -0.4 is 11.1 Å². The predicted molar refractivity (Wildman–Crippen MR) is 121 cm³/mol. The van der Waals surface area contributed by atoms with Gasteiger partial charge in [0.25, 0.3) is 0 Å². The van der Waals surface area contributed by atoms with Crippen LogP contribution in [0.5, 0.6) is 0 Å². The van der Waals surface area contributed by atoms with Gasteiger partial charge in [-0.2, -0.15) is 5.10 Å². The lowest BCUT2D eigenvalue weighted by Crippen LogP contribution is -2.12. The van der Waals surface area contributed by atoms with E-state index in [9.17, 15) is 4.79 Å². The molecule has 3 N–H and O–H groups in total. The van der Waals surface area contributed by atoms with Crippen molar-refractivity contribution in [1.82, 2.24) is 19.7 Å². The van der Waals surface area contributed by atoms with Crippen LogP contribution >= 0.6 is 0 Å². The molecule has 3 aromatic heterocycles. The highest BCUT2D eigenvalue weighted by atomic mass is 16.5. The Bertz CT molecular complexity index is 1440. The molecule has 0 aliphatic heterocycles. The van der Waals surface area contributed by atoms with Crippen LogP contribution in [0.15, 0.2) is 61.1 Å². The molecule has 0 spiro atoms. The molecule has 0 saturated heterocycles. The third-order valence-corrected chi connectivity index (χ3v) is 5.23. The van der Waals surface area contributed by atoms with E-state index in [0.717, 1.165) is 38.6 Å². The molecule has 8 nitrogen and oxygen atoms in total. The van der Waals surface area contributed by atoms with Gasteiger partial charge in [-0.05, 0) is 36.4 Å². The summed E-state index contributed by atoms with van der Waals surface area (Å²) in [6.45, 7) is 1.28.